The van der Waals surface area contributed by atoms with Crippen LogP contribution in [0.4, 0.5) is 5.69 Å². The van der Waals surface area contributed by atoms with Gasteiger partial charge in [-0.05, 0) is 89.3 Å². The maximum absolute atomic E-state index is 14.0. The van der Waals surface area contributed by atoms with Crippen LogP contribution in [0.25, 0.3) is 0 Å². The van der Waals surface area contributed by atoms with Crippen molar-refractivity contribution in [2.75, 3.05) is 25.1 Å². The molecule has 1 N–H and O–H groups in total. The van der Waals surface area contributed by atoms with Gasteiger partial charge in [-0.1, -0.05) is 50.9 Å². The molecule has 10 heteroatoms. The Labute approximate surface area is 283 Å². The number of anilines is 1. The summed E-state index contributed by atoms with van der Waals surface area (Å²) in [4.78, 5) is 43.0. The van der Waals surface area contributed by atoms with Crippen molar-refractivity contribution in [3.63, 3.8) is 0 Å². The van der Waals surface area contributed by atoms with Gasteiger partial charge < -0.3 is 19.7 Å². The summed E-state index contributed by atoms with van der Waals surface area (Å²) in [5.74, 6) is -0.00340. The first-order valence-electron chi connectivity index (χ1n) is 15.3. The SMILES string of the molecule is CCOc1cc(C2C3=C(CC(C)(C)CC3=O)N(CC)C3=C2C(=O)CC(C)(C)C3)cc(Br)c1OCC(=O)Nc1ccc(Cl)c(Cl)c1. The molecule has 1 aliphatic heterocycles. The lowest BCUT2D eigenvalue weighted by Gasteiger charge is -2.49. The average Bonchev–Trinajstić information content (AvgIpc) is 2.92. The Morgan fingerprint density at radius 3 is 2.04 bits per heavy atom. The summed E-state index contributed by atoms with van der Waals surface area (Å²) in [6, 6.07) is 8.55. The first kappa shape index (κ1) is 33.6. The number of hydrogen-bond donors (Lipinski definition) is 1. The van der Waals surface area contributed by atoms with E-state index in [-0.39, 0.29) is 29.0 Å². The highest BCUT2D eigenvalue weighted by Gasteiger charge is 2.48. The minimum atomic E-state index is -0.521. The van der Waals surface area contributed by atoms with Gasteiger partial charge in [0.15, 0.2) is 29.7 Å². The van der Waals surface area contributed by atoms with Gasteiger partial charge in [-0.3, -0.25) is 14.4 Å². The van der Waals surface area contributed by atoms with Crippen LogP contribution in [0.2, 0.25) is 10.0 Å². The number of hydrogen-bond acceptors (Lipinski definition) is 6. The monoisotopic (exact) mass is 716 g/mol. The van der Waals surface area contributed by atoms with Crippen LogP contribution in [0.1, 0.15) is 78.7 Å². The molecule has 0 spiro atoms. The molecule has 0 radical (unpaired) electrons. The fourth-order valence-corrected chi connectivity index (χ4v) is 7.70. The molecule has 0 fully saturated rings. The lowest BCUT2D eigenvalue weighted by molar-refractivity contribution is -0.120. The maximum Gasteiger partial charge on any atom is 0.262 e. The minimum absolute atomic E-state index is 0.0715. The Hall–Kier alpha value is -2.81. The van der Waals surface area contributed by atoms with Crippen molar-refractivity contribution in [3.05, 3.63) is 73.0 Å². The van der Waals surface area contributed by atoms with E-state index in [0.717, 1.165) is 29.8 Å². The summed E-state index contributed by atoms with van der Waals surface area (Å²) < 4.78 is 12.6. The lowest BCUT2D eigenvalue weighted by atomic mass is 9.63. The number of ether oxygens (including phenoxy) is 2. The number of carbonyl (C=O) groups is 3. The number of Topliss-reactive ketones (excluding diaryl/α,β-unsaturated/α-hetero) is 2. The molecule has 7 nitrogen and oxygen atoms in total. The molecule has 5 rings (SSSR count). The Morgan fingerprint density at radius 1 is 0.911 bits per heavy atom. The standard InChI is InChI=1S/C35H39BrCl2N2O5/c1-7-40-24-14-34(3,4)16-26(41)31(24)30(32-25(40)15-35(5,6)17-27(32)42)19-11-21(36)33(28(12-19)44-8-2)45-18-29(43)39-20-9-10-22(37)23(38)13-20/h9-13,30H,7-8,14-18H2,1-6H3,(H,39,43). The van der Waals surface area contributed by atoms with Gasteiger partial charge in [0.25, 0.3) is 5.91 Å². The van der Waals surface area contributed by atoms with Crippen LogP contribution in [0.3, 0.4) is 0 Å². The molecule has 0 unspecified atom stereocenters. The zero-order valence-corrected chi connectivity index (χ0v) is 29.6. The minimum Gasteiger partial charge on any atom is -0.490 e. The highest BCUT2D eigenvalue weighted by molar-refractivity contribution is 9.10. The van der Waals surface area contributed by atoms with Crippen LogP contribution < -0.4 is 14.8 Å². The van der Waals surface area contributed by atoms with Crippen molar-refractivity contribution in [1.82, 2.24) is 4.90 Å². The number of nitrogens with zero attached hydrogens (tertiary/aromatic N) is 1. The van der Waals surface area contributed by atoms with E-state index in [4.69, 9.17) is 32.7 Å². The normalized spacial score (nSPS) is 19.4. The van der Waals surface area contributed by atoms with Crippen molar-refractivity contribution in [2.24, 2.45) is 10.8 Å². The molecule has 0 saturated carbocycles. The van der Waals surface area contributed by atoms with Gasteiger partial charge in [0.2, 0.25) is 0 Å². The van der Waals surface area contributed by atoms with Crippen molar-refractivity contribution in [2.45, 2.75) is 73.1 Å². The number of ketones is 2. The van der Waals surface area contributed by atoms with E-state index in [1.165, 1.54) is 0 Å². The molecule has 0 saturated heterocycles. The summed E-state index contributed by atoms with van der Waals surface area (Å²) in [5.41, 5.74) is 4.32. The highest BCUT2D eigenvalue weighted by atomic mass is 79.9. The van der Waals surface area contributed by atoms with Crippen LogP contribution in [0.5, 0.6) is 11.5 Å². The number of allylic oxidation sites excluding steroid dienone is 4. The number of amides is 1. The molecule has 1 amide bonds. The van der Waals surface area contributed by atoms with E-state index >= 15 is 0 Å². The van der Waals surface area contributed by atoms with Crippen LogP contribution in [-0.2, 0) is 14.4 Å². The van der Waals surface area contributed by atoms with Crippen molar-refractivity contribution in [3.8, 4) is 11.5 Å². The van der Waals surface area contributed by atoms with Crippen LogP contribution >= 0.6 is 39.1 Å². The number of carbonyl (C=O) groups excluding carboxylic acids is 3. The van der Waals surface area contributed by atoms with Crippen LogP contribution in [0, 0.1) is 10.8 Å². The third kappa shape index (κ3) is 6.84. The molecule has 1 heterocycles. The van der Waals surface area contributed by atoms with E-state index in [1.807, 2.05) is 19.1 Å². The average molecular weight is 719 g/mol. The van der Waals surface area contributed by atoms with Crippen LogP contribution in [-0.4, -0.2) is 42.1 Å². The summed E-state index contributed by atoms with van der Waals surface area (Å²) in [7, 11) is 0. The second-order valence-electron chi connectivity index (χ2n) is 13.5. The molecule has 2 aromatic rings. The molecular formula is C35H39BrCl2N2O5. The number of nitrogens with one attached hydrogen (secondary N) is 1. The maximum atomic E-state index is 14.0. The Kier molecular flexibility index (Phi) is 9.52. The van der Waals surface area contributed by atoms with E-state index in [2.05, 4.69) is 60.8 Å². The predicted molar refractivity (Wildman–Crippen MR) is 181 cm³/mol. The van der Waals surface area contributed by atoms with E-state index in [9.17, 15) is 14.4 Å². The van der Waals surface area contributed by atoms with E-state index < -0.39 is 11.8 Å². The molecule has 2 aromatic carbocycles. The van der Waals surface area contributed by atoms with Gasteiger partial charge in [-0.15, -0.1) is 0 Å². The molecule has 0 aromatic heterocycles. The summed E-state index contributed by atoms with van der Waals surface area (Å²) in [5, 5.41) is 3.47. The summed E-state index contributed by atoms with van der Waals surface area (Å²) in [6.45, 7) is 13.2. The van der Waals surface area contributed by atoms with Crippen molar-refractivity contribution in [1.29, 1.82) is 0 Å². The third-order valence-electron chi connectivity index (χ3n) is 8.55. The highest BCUT2D eigenvalue weighted by Crippen LogP contribution is 2.55. The number of halogens is 3. The fraction of sp³-hybridized carbons (Fsp3) is 0.457. The molecule has 3 aliphatic rings. The second kappa shape index (κ2) is 12.8. The predicted octanol–water partition coefficient (Wildman–Crippen LogP) is 8.88. The van der Waals surface area contributed by atoms with Gasteiger partial charge in [-0.25, -0.2) is 0 Å². The quantitative estimate of drug-likeness (QED) is 0.294. The molecule has 2 aliphatic carbocycles. The molecule has 240 valence electrons. The van der Waals surface area contributed by atoms with Crippen molar-refractivity contribution < 1.29 is 23.9 Å². The molecule has 0 bridgehead atoms. The van der Waals surface area contributed by atoms with Gasteiger partial charge in [0.1, 0.15) is 0 Å². The zero-order valence-electron chi connectivity index (χ0n) is 26.5. The first-order chi connectivity index (χ1) is 21.1. The van der Waals surface area contributed by atoms with E-state index in [1.54, 1.807) is 18.2 Å². The van der Waals surface area contributed by atoms with Gasteiger partial charge in [0, 0.05) is 53.5 Å². The fourth-order valence-electron chi connectivity index (χ4n) is 6.83. The van der Waals surface area contributed by atoms with Crippen LogP contribution in [0.15, 0.2) is 57.3 Å². The number of rotatable bonds is 8. The molecule has 45 heavy (non-hydrogen) atoms. The second-order valence-corrected chi connectivity index (χ2v) is 15.2. The summed E-state index contributed by atoms with van der Waals surface area (Å²) in [6.07, 6.45) is 2.32. The molecular weight excluding hydrogens is 679 g/mol. The number of benzene rings is 2. The largest absolute Gasteiger partial charge is 0.490 e. The summed E-state index contributed by atoms with van der Waals surface area (Å²) >= 11 is 15.7. The zero-order chi connectivity index (χ0) is 32.8. The van der Waals surface area contributed by atoms with Gasteiger partial charge in [0.05, 0.1) is 21.1 Å². The Morgan fingerprint density at radius 2 is 1.51 bits per heavy atom. The topological polar surface area (TPSA) is 84.9 Å². The third-order valence-corrected chi connectivity index (χ3v) is 9.88. The Bertz CT molecular complexity index is 1590. The first-order valence-corrected chi connectivity index (χ1v) is 16.8. The van der Waals surface area contributed by atoms with Crippen molar-refractivity contribution >= 4 is 62.3 Å². The van der Waals surface area contributed by atoms with Gasteiger partial charge in [-0.2, -0.15) is 0 Å². The lowest BCUT2D eigenvalue weighted by Crippen LogP contribution is -2.44. The molecule has 0 atom stereocenters. The van der Waals surface area contributed by atoms with E-state index in [0.29, 0.717) is 68.8 Å². The Balaban J connectivity index is 1.55. The smallest absolute Gasteiger partial charge is 0.262 e. The van der Waals surface area contributed by atoms with Gasteiger partial charge >= 0.3 is 0 Å².